The summed E-state index contributed by atoms with van der Waals surface area (Å²) >= 11 is 0. The second-order valence-electron chi connectivity index (χ2n) is 5.10. The third-order valence-electron chi connectivity index (χ3n) is 3.92. The molecule has 0 aromatic heterocycles. The van der Waals surface area contributed by atoms with Gasteiger partial charge in [-0.1, -0.05) is 18.2 Å². The molecule has 0 amide bonds. The lowest BCUT2D eigenvalue weighted by atomic mass is 10.1. The first-order valence-electron chi connectivity index (χ1n) is 6.36. The minimum absolute atomic E-state index is 0.457. The van der Waals surface area contributed by atoms with Gasteiger partial charge < -0.3 is 10.6 Å². The summed E-state index contributed by atoms with van der Waals surface area (Å²) < 4.78 is 0. The van der Waals surface area contributed by atoms with Gasteiger partial charge in [0, 0.05) is 37.4 Å². The Morgan fingerprint density at radius 3 is 2.65 bits per heavy atom. The average Bonchev–Trinajstić information content (AvgIpc) is 2.33. The summed E-state index contributed by atoms with van der Waals surface area (Å²) in [6.07, 6.45) is 0. The molecule has 1 aromatic carbocycles. The fraction of sp³-hybridized carbons (Fsp3) is 0.571. The van der Waals surface area contributed by atoms with Gasteiger partial charge in [0.2, 0.25) is 0 Å². The lowest BCUT2D eigenvalue weighted by molar-refractivity contribution is 0.162. The SMILES string of the molecule is Cc1ccccc1N1CC(C)N(C)C(CN)C1. The van der Waals surface area contributed by atoms with Gasteiger partial charge in [0.05, 0.1) is 0 Å². The van der Waals surface area contributed by atoms with Gasteiger partial charge in [0.25, 0.3) is 0 Å². The van der Waals surface area contributed by atoms with E-state index in [2.05, 4.69) is 55.0 Å². The molecule has 0 bridgehead atoms. The molecule has 2 unspecified atom stereocenters. The average molecular weight is 233 g/mol. The van der Waals surface area contributed by atoms with Crippen LogP contribution in [0, 0.1) is 6.92 Å². The number of benzene rings is 1. The summed E-state index contributed by atoms with van der Waals surface area (Å²) in [5.74, 6) is 0. The molecule has 1 fully saturated rings. The van der Waals surface area contributed by atoms with Gasteiger partial charge in [0.1, 0.15) is 0 Å². The molecule has 94 valence electrons. The number of hydrogen-bond acceptors (Lipinski definition) is 3. The van der Waals surface area contributed by atoms with Crippen LogP contribution in [0.3, 0.4) is 0 Å². The monoisotopic (exact) mass is 233 g/mol. The zero-order valence-corrected chi connectivity index (χ0v) is 11.1. The smallest absolute Gasteiger partial charge is 0.0397 e. The Hall–Kier alpha value is -1.06. The van der Waals surface area contributed by atoms with Crippen molar-refractivity contribution >= 4 is 5.69 Å². The van der Waals surface area contributed by atoms with E-state index >= 15 is 0 Å². The highest BCUT2D eigenvalue weighted by Gasteiger charge is 2.28. The van der Waals surface area contributed by atoms with Crippen LogP contribution in [0.4, 0.5) is 5.69 Å². The lowest BCUT2D eigenvalue weighted by Crippen LogP contribution is -2.58. The van der Waals surface area contributed by atoms with Gasteiger partial charge in [-0.15, -0.1) is 0 Å². The number of aryl methyl sites for hydroxylation is 1. The van der Waals surface area contributed by atoms with Gasteiger partial charge in [0.15, 0.2) is 0 Å². The maximum Gasteiger partial charge on any atom is 0.0397 e. The summed E-state index contributed by atoms with van der Waals surface area (Å²) in [4.78, 5) is 4.87. The number of piperazine rings is 1. The summed E-state index contributed by atoms with van der Waals surface area (Å²) in [6, 6.07) is 9.60. The molecule has 17 heavy (non-hydrogen) atoms. The molecule has 0 radical (unpaired) electrons. The minimum Gasteiger partial charge on any atom is -0.368 e. The topological polar surface area (TPSA) is 32.5 Å². The van der Waals surface area contributed by atoms with Crippen molar-refractivity contribution in [2.24, 2.45) is 5.73 Å². The van der Waals surface area contributed by atoms with Gasteiger partial charge >= 0.3 is 0 Å². The zero-order valence-electron chi connectivity index (χ0n) is 11.1. The predicted molar refractivity (Wildman–Crippen MR) is 73.5 cm³/mol. The number of rotatable bonds is 2. The van der Waals surface area contributed by atoms with Crippen LogP contribution in [-0.2, 0) is 0 Å². The molecule has 1 aromatic rings. The van der Waals surface area contributed by atoms with Gasteiger partial charge in [-0.05, 0) is 32.5 Å². The molecule has 0 saturated carbocycles. The van der Waals surface area contributed by atoms with E-state index in [0.29, 0.717) is 12.1 Å². The van der Waals surface area contributed by atoms with E-state index in [4.69, 9.17) is 5.73 Å². The Morgan fingerprint density at radius 1 is 1.29 bits per heavy atom. The minimum atomic E-state index is 0.457. The predicted octanol–water partition coefficient (Wildman–Crippen LogP) is 1.46. The van der Waals surface area contributed by atoms with Crippen LogP contribution in [0.5, 0.6) is 0 Å². The molecule has 0 spiro atoms. The first kappa shape index (κ1) is 12.4. The Labute approximate surface area is 104 Å². The van der Waals surface area contributed by atoms with Crippen LogP contribution in [0.25, 0.3) is 0 Å². The molecule has 1 aliphatic rings. The summed E-state index contributed by atoms with van der Waals surface area (Å²) in [7, 11) is 2.18. The van der Waals surface area contributed by atoms with Gasteiger partial charge in [-0.25, -0.2) is 0 Å². The van der Waals surface area contributed by atoms with Crippen molar-refractivity contribution < 1.29 is 0 Å². The number of nitrogens with zero attached hydrogens (tertiary/aromatic N) is 2. The summed E-state index contributed by atoms with van der Waals surface area (Å²) in [5, 5.41) is 0. The van der Waals surface area contributed by atoms with Crippen molar-refractivity contribution in [3.05, 3.63) is 29.8 Å². The van der Waals surface area contributed by atoms with E-state index < -0.39 is 0 Å². The van der Waals surface area contributed by atoms with E-state index in [1.807, 2.05) is 0 Å². The van der Waals surface area contributed by atoms with E-state index in [-0.39, 0.29) is 0 Å². The van der Waals surface area contributed by atoms with Crippen LogP contribution in [0.1, 0.15) is 12.5 Å². The molecule has 2 N–H and O–H groups in total. The first-order valence-corrected chi connectivity index (χ1v) is 6.36. The number of anilines is 1. The quantitative estimate of drug-likeness (QED) is 0.839. The number of nitrogens with two attached hydrogens (primary N) is 1. The van der Waals surface area contributed by atoms with Crippen LogP contribution >= 0.6 is 0 Å². The molecule has 2 atom stereocenters. The molecule has 3 nitrogen and oxygen atoms in total. The number of para-hydroxylation sites is 1. The molecular weight excluding hydrogens is 210 g/mol. The molecular formula is C14H23N3. The van der Waals surface area contributed by atoms with Crippen molar-refractivity contribution in [1.29, 1.82) is 0 Å². The first-order chi connectivity index (χ1) is 8.13. The second-order valence-corrected chi connectivity index (χ2v) is 5.10. The fourth-order valence-corrected chi connectivity index (χ4v) is 2.62. The fourth-order valence-electron chi connectivity index (χ4n) is 2.62. The van der Waals surface area contributed by atoms with Crippen molar-refractivity contribution in [3.8, 4) is 0 Å². The number of likely N-dealkylation sites (N-methyl/N-ethyl adjacent to an activating group) is 1. The maximum atomic E-state index is 5.87. The van der Waals surface area contributed by atoms with Crippen LogP contribution in [0.15, 0.2) is 24.3 Å². The third kappa shape index (κ3) is 2.45. The van der Waals surface area contributed by atoms with Crippen molar-refractivity contribution in [2.45, 2.75) is 25.9 Å². The number of hydrogen-bond donors (Lipinski definition) is 1. The third-order valence-corrected chi connectivity index (χ3v) is 3.92. The van der Waals surface area contributed by atoms with E-state index in [1.165, 1.54) is 11.3 Å². The molecule has 1 saturated heterocycles. The molecule has 0 aliphatic carbocycles. The van der Waals surface area contributed by atoms with Gasteiger partial charge in [-0.2, -0.15) is 0 Å². The normalized spacial score (nSPS) is 26.2. The summed E-state index contributed by atoms with van der Waals surface area (Å²) in [5.41, 5.74) is 8.57. The Balaban J connectivity index is 2.20. The van der Waals surface area contributed by atoms with Gasteiger partial charge in [-0.3, -0.25) is 4.90 Å². The highest BCUT2D eigenvalue weighted by atomic mass is 15.3. The van der Waals surface area contributed by atoms with E-state index in [0.717, 1.165) is 19.6 Å². The standard InChI is InChI=1S/C14H23N3/c1-11-6-4-5-7-14(11)17-9-12(2)16(3)13(8-15)10-17/h4-7,12-13H,8-10,15H2,1-3H3. The largest absolute Gasteiger partial charge is 0.368 e. The van der Waals surface area contributed by atoms with Crippen LogP contribution < -0.4 is 10.6 Å². The van der Waals surface area contributed by atoms with Crippen molar-refractivity contribution in [3.63, 3.8) is 0 Å². The van der Waals surface area contributed by atoms with Crippen LogP contribution in [-0.4, -0.2) is 43.7 Å². The van der Waals surface area contributed by atoms with Crippen molar-refractivity contribution in [1.82, 2.24) is 4.90 Å². The van der Waals surface area contributed by atoms with E-state index in [9.17, 15) is 0 Å². The molecule has 1 heterocycles. The molecule has 2 rings (SSSR count). The Bertz CT molecular complexity index is 377. The Kier molecular flexibility index (Phi) is 3.69. The Morgan fingerprint density at radius 2 is 2.00 bits per heavy atom. The highest BCUT2D eigenvalue weighted by molar-refractivity contribution is 5.53. The zero-order chi connectivity index (χ0) is 12.4. The second kappa shape index (κ2) is 5.07. The summed E-state index contributed by atoms with van der Waals surface area (Å²) in [6.45, 7) is 7.28. The van der Waals surface area contributed by atoms with E-state index in [1.54, 1.807) is 0 Å². The van der Waals surface area contributed by atoms with Crippen LogP contribution in [0.2, 0.25) is 0 Å². The highest BCUT2D eigenvalue weighted by Crippen LogP contribution is 2.24. The molecule has 3 heteroatoms. The molecule has 1 aliphatic heterocycles. The maximum absolute atomic E-state index is 5.87. The lowest BCUT2D eigenvalue weighted by Gasteiger charge is -2.44. The van der Waals surface area contributed by atoms with Crippen molar-refractivity contribution in [2.75, 3.05) is 31.6 Å².